The first-order valence-electron chi connectivity index (χ1n) is 8.24. The molecule has 2 aliphatic rings. The van der Waals surface area contributed by atoms with Gasteiger partial charge in [-0.05, 0) is 50.5 Å². The number of methoxy groups -OCH3 is 1. The van der Waals surface area contributed by atoms with Gasteiger partial charge in [0.05, 0.1) is 19.6 Å². The predicted molar refractivity (Wildman–Crippen MR) is 83.6 cm³/mol. The highest BCUT2D eigenvalue weighted by Crippen LogP contribution is 2.49. The van der Waals surface area contributed by atoms with Crippen LogP contribution in [0.2, 0.25) is 0 Å². The molecule has 4 heteroatoms. The fourth-order valence-electron chi connectivity index (χ4n) is 3.50. The minimum absolute atomic E-state index is 0.0315. The molecule has 0 heterocycles. The van der Waals surface area contributed by atoms with Gasteiger partial charge in [-0.15, -0.1) is 0 Å². The normalized spacial score (nSPS) is 19.9. The number of hydrogen-bond acceptors (Lipinski definition) is 3. The van der Waals surface area contributed by atoms with Gasteiger partial charge in [0, 0.05) is 11.5 Å². The standard InChI is InChI=1S/C18H24O4/c1-21-16-8-4-7-14(15(11-17(19)20)12-9-10-12)18(16)22-13-5-2-3-6-13/h4,7-8,12-13,15H,2-3,5-6,9-11H2,1H3,(H,19,20). The molecule has 0 radical (unpaired) electrons. The van der Waals surface area contributed by atoms with Crippen molar-refractivity contribution in [1.82, 2.24) is 0 Å². The summed E-state index contributed by atoms with van der Waals surface area (Å²) in [4.78, 5) is 11.3. The van der Waals surface area contributed by atoms with Crippen LogP contribution in [0.25, 0.3) is 0 Å². The van der Waals surface area contributed by atoms with E-state index < -0.39 is 5.97 Å². The molecule has 1 atom stereocenters. The lowest BCUT2D eigenvalue weighted by Crippen LogP contribution is -2.16. The van der Waals surface area contributed by atoms with Gasteiger partial charge < -0.3 is 14.6 Å². The van der Waals surface area contributed by atoms with E-state index in [4.69, 9.17) is 9.47 Å². The zero-order valence-electron chi connectivity index (χ0n) is 13.1. The van der Waals surface area contributed by atoms with Crippen molar-refractivity contribution in [2.24, 2.45) is 5.92 Å². The Hall–Kier alpha value is -1.71. The number of ether oxygens (including phenoxy) is 2. The fourth-order valence-corrected chi connectivity index (χ4v) is 3.50. The Bertz CT molecular complexity index is 530. The number of carbonyl (C=O) groups is 1. The number of carboxylic acid groups (broad SMARTS) is 1. The number of para-hydroxylation sites is 1. The lowest BCUT2D eigenvalue weighted by Gasteiger charge is -2.23. The van der Waals surface area contributed by atoms with Crippen LogP contribution >= 0.6 is 0 Å². The number of benzene rings is 1. The van der Waals surface area contributed by atoms with Crippen molar-refractivity contribution in [1.29, 1.82) is 0 Å². The van der Waals surface area contributed by atoms with Gasteiger partial charge in [0.2, 0.25) is 0 Å². The summed E-state index contributed by atoms with van der Waals surface area (Å²) < 4.78 is 11.7. The summed E-state index contributed by atoms with van der Waals surface area (Å²) in [5.41, 5.74) is 1.01. The smallest absolute Gasteiger partial charge is 0.303 e. The molecule has 0 saturated heterocycles. The Morgan fingerprint density at radius 1 is 1.27 bits per heavy atom. The monoisotopic (exact) mass is 304 g/mol. The number of carboxylic acids is 1. The second-order valence-corrected chi connectivity index (χ2v) is 6.44. The highest BCUT2D eigenvalue weighted by Gasteiger charge is 2.36. The van der Waals surface area contributed by atoms with Crippen molar-refractivity contribution in [2.75, 3.05) is 7.11 Å². The Morgan fingerprint density at radius 3 is 2.59 bits per heavy atom. The van der Waals surface area contributed by atoms with Gasteiger partial charge in [-0.25, -0.2) is 0 Å². The predicted octanol–water partition coefficient (Wildman–Crippen LogP) is 3.98. The SMILES string of the molecule is COc1cccc(C(CC(=O)O)C2CC2)c1OC1CCCC1. The van der Waals surface area contributed by atoms with Gasteiger partial charge in [-0.3, -0.25) is 4.79 Å². The van der Waals surface area contributed by atoms with Gasteiger partial charge in [0.1, 0.15) is 0 Å². The van der Waals surface area contributed by atoms with Crippen molar-refractivity contribution in [3.63, 3.8) is 0 Å². The molecule has 1 N–H and O–H groups in total. The van der Waals surface area contributed by atoms with Crippen LogP contribution in [0.15, 0.2) is 18.2 Å². The molecule has 2 aliphatic carbocycles. The molecular weight excluding hydrogens is 280 g/mol. The maximum Gasteiger partial charge on any atom is 0.303 e. The molecule has 1 aromatic rings. The van der Waals surface area contributed by atoms with Crippen LogP contribution in [0.5, 0.6) is 11.5 Å². The maximum absolute atomic E-state index is 11.3. The third kappa shape index (κ3) is 3.37. The molecule has 1 aromatic carbocycles. The second kappa shape index (κ2) is 6.59. The molecule has 1 unspecified atom stereocenters. The Kier molecular flexibility index (Phi) is 4.55. The largest absolute Gasteiger partial charge is 0.493 e. The third-order valence-corrected chi connectivity index (χ3v) is 4.80. The zero-order chi connectivity index (χ0) is 15.5. The van der Waals surface area contributed by atoms with Crippen LogP contribution in [-0.4, -0.2) is 24.3 Å². The second-order valence-electron chi connectivity index (χ2n) is 6.44. The summed E-state index contributed by atoms with van der Waals surface area (Å²) in [5.74, 6) is 1.25. The zero-order valence-corrected chi connectivity index (χ0v) is 13.1. The lowest BCUT2D eigenvalue weighted by atomic mass is 9.90. The van der Waals surface area contributed by atoms with Crippen molar-refractivity contribution in [2.45, 2.75) is 57.0 Å². The first-order valence-corrected chi connectivity index (χ1v) is 8.24. The number of aliphatic carboxylic acids is 1. The van der Waals surface area contributed by atoms with Crippen LogP contribution in [0.4, 0.5) is 0 Å². The Labute approximate surface area is 131 Å². The fraction of sp³-hybridized carbons (Fsp3) is 0.611. The molecule has 22 heavy (non-hydrogen) atoms. The molecule has 0 aromatic heterocycles. The third-order valence-electron chi connectivity index (χ3n) is 4.80. The molecule has 2 fully saturated rings. The molecule has 3 rings (SSSR count). The Balaban J connectivity index is 1.91. The summed E-state index contributed by atoms with van der Waals surface area (Å²) in [6, 6.07) is 5.85. The topological polar surface area (TPSA) is 55.8 Å². The lowest BCUT2D eigenvalue weighted by molar-refractivity contribution is -0.137. The van der Waals surface area contributed by atoms with E-state index in [1.165, 1.54) is 12.8 Å². The molecule has 0 aliphatic heterocycles. The van der Waals surface area contributed by atoms with Crippen LogP contribution < -0.4 is 9.47 Å². The van der Waals surface area contributed by atoms with Crippen molar-refractivity contribution in [3.8, 4) is 11.5 Å². The van der Waals surface area contributed by atoms with Gasteiger partial charge in [-0.2, -0.15) is 0 Å². The van der Waals surface area contributed by atoms with E-state index in [2.05, 4.69) is 0 Å². The first kappa shape index (κ1) is 15.2. The molecule has 120 valence electrons. The summed E-state index contributed by atoms with van der Waals surface area (Å²) in [6.45, 7) is 0. The average Bonchev–Trinajstić information content (AvgIpc) is 3.22. The summed E-state index contributed by atoms with van der Waals surface area (Å²) in [6.07, 6.45) is 7.18. The first-order chi connectivity index (χ1) is 10.7. The molecular formula is C18H24O4. The van der Waals surface area contributed by atoms with E-state index in [0.29, 0.717) is 5.92 Å². The molecule has 0 spiro atoms. The van der Waals surface area contributed by atoms with Gasteiger partial charge in [0.15, 0.2) is 11.5 Å². The van der Waals surface area contributed by atoms with Crippen LogP contribution in [0.3, 0.4) is 0 Å². The van der Waals surface area contributed by atoms with E-state index in [9.17, 15) is 9.90 Å². The van der Waals surface area contributed by atoms with Crippen LogP contribution in [0.1, 0.15) is 56.4 Å². The van der Waals surface area contributed by atoms with E-state index in [1.54, 1.807) is 7.11 Å². The highest BCUT2D eigenvalue weighted by molar-refractivity contribution is 5.69. The van der Waals surface area contributed by atoms with Gasteiger partial charge in [-0.1, -0.05) is 12.1 Å². The Morgan fingerprint density at radius 2 is 2.00 bits per heavy atom. The molecule has 2 saturated carbocycles. The molecule has 4 nitrogen and oxygen atoms in total. The summed E-state index contributed by atoms with van der Waals surface area (Å²) >= 11 is 0. The quantitative estimate of drug-likeness (QED) is 0.827. The van der Waals surface area contributed by atoms with E-state index in [1.807, 2.05) is 18.2 Å². The average molecular weight is 304 g/mol. The van der Waals surface area contributed by atoms with Crippen molar-refractivity contribution >= 4 is 5.97 Å². The summed E-state index contributed by atoms with van der Waals surface area (Å²) in [5, 5.41) is 9.25. The molecule has 0 bridgehead atoms. The minimum Gasteiger partial charge on any atom is -0.493 e. The van der Waals surface area contributed by atoms with E-state index >= 15 is 0 Å². The van der Waals surface area contributed by atoms with E-state index in [-0.39, 0.29) is 18.4 Å². The van der Waals surface area contributed by atoms with Gasteiger partial charge >= 0.3 is 5.97 Å². The minimum atomic E-state index is -0.744. The number of hydrogen-bond donors (Lipinski definition) is 1. The number of rotatable bonds is 7. The van der Waals surface area contributed by atoms with Crippen molar-refractivity contribution < 1.29 is 19.4 Å². The van der Waals surface area contributed by atoms with Gasteiger partial charge in [0.25, 0.3) is 0 Å². The maximum atomic E-state index is 11.3. The highest BCUT2D eigenvalue weighted by atomic mass is 16.5. The summed E-state index contributed by atoms with van der Waals surface area (Å²) in [7, 11) is 1.64. The van der Waals surface area contributed by atoms with Crippen molar-refractivity contribution in [3.05, 3.63) is 23.8 Å². The van der Waals surface area contributed by atoms with Crippen LogP contribution in [0, 0.1) is 5.92 Å². The van der Waals surface area contributed by atoms with Crippen LogP contribution in [-0.2, 0) is 4.79 Å². The van der Waals surface area contributed by atoms with E-state index in [0.717, 1.165) is 42.7 Å². The molecule has 0 amide bonds.